The molecule has 0 radical (unpaired) electrons. The summed E-state index contributed by atoms with van der Waals surface area (Å²) in [7, 11) is 0. The molecule has 0 N–H and O–H groups in total. The maximum absolute atomic E-state index is 12.8. The van der Waals surface area contributed by atoms with Crippen LogP contribution in [0, 0.1) is 17.9 Å². The number of benzene rings is 2. The molecule has 1 unspecified atom stereocenters. The summed E-state index contributed by atoms with van der Waals surface area (Å²) < 4.78 is 0. The van der Waals surface area contributed by atoms with Gasteiger partial charge in [0.1, 0.15) is 0 Å². The third-order valence-electron chi connectivity index (χ3n) is 6.10. The number of carbonyl (C=O) groups excluding carboxylic acids is 1. The second-order valence-electron chi connectivity index (χ2n) is 7.88. The Hall–Kier alpha value is -3.15. The molecule has 146 valence electrons. The van der Waals surface area contributed by atoms with Crippen LogP contribution in [0.25, 0.3) is 4.85 Å². The molecular formula is C24H24N4O. The van der Waals surface area contributed by atoms with Crippen molar-refractivity contribution in [3.05, 3.63) is 76.1 Å². The van der Waals surface area contributed by atoms with Crippen molar-refractivity contribution in [3.63, 3.8) is 0 Å². The third kappa shape index (κ3) is 4.31. The van der Waals surface area contributed by atoms with Gasteiger partial charge in [-0.1, -0.05) is 35.9 Å². The number of amides is 1. The van der Waals surface area contributed by atoms with E-state index < -0.39 is 0 Å². The van der Waals surface area contributed by atoms with Crippen LogP contribution in [0.1, 0.15) is 28.7 Å². The van der Waals surface area contributed by atoms with Crippen LogP contribution in [-0.4, -0.2) is 47.9 Å². The van der Waals surface area contributed by atoms with E-state index in [0.717, 1.165) is 45.3 Å². The lowest BCUT2D eigenvalue weighted by Crippen LogP contribution is -2.55. The van der Waals surface area contributed by atoms with Crippen LogP contribution in [0.2, 0.25) is 0 Å². The van der Waals surface area contributed by atoms with Gasteiger partial charge in [-0.25, -0.2) is 4.85 Å². The molecule has 1 aliphatic carbocycles. The van der Waals surface area contributed by atoms with Crippen molar-refractivity contribution < 1.29 is 4.79 Å². The summed E-state index contributed by atoms with van der Waals surface area (Å²) in [6.07, 6.45) is 3.70. The monoisotopic (exact) mass is 384 g/mol. The number of piperazine rings is 1. The van der Waals surface area contributed by atoms with Crippen LogP contribution in [0.4, 0.5) is 5.69 Å². The van der Waals surface area contributed by atoms with Crippen molar-refractivity contribution in [2.45, 2.75) is 31.7 Å². The number of fused-ring (bicyclic) bond motifs is 1. The molecule has 4 rings (SSSR count). The molecule has 1 atom stereocenters. The Bertz CT molecular complexity index is 983. The molecule has 1 aliphatic heterocycles. The molecule has 0 spiro atoms. The maximum atomic E-state index is 12.8. The van der Waals surface area contributed by atoms with Gasteiger partial charge in [-0.05, 0) is 48.9 Å². The highest BCUT2D eigenvalue weighted by Crippen LogP contribution is 2.28. The van der Waals surface area contributed by atoms with Gasteiger partial charge < -0.3 is 4.90 Å². The summed E-state index contributed by atoms with van der Waals surface area (Å²) in [4.78, 5) is 20.6. The third-order valence-corrected chi connectivity index (χ3v) is 6.10. The fourth-order valence-corrected chi connectivity index (χ4v) is 4.40. The van der Waals surface area contributed by atoms with E-state index in [1.165, 1.54) is 16.7 Å². The van der Waals surface area contributed by atoms with Gasteiger partial charge in [0.15, 0.2) is 5.69 Å². The fourth-order valence-electron chi connectivity index (χ4n) is 4.40. The summed E-state index contributed by atoms with van der Waals surface area (Å²) in [5, 5.41) is 8.89. The van der Waals surface area contributed by atoms with Crippen molar-refractivity contribution >= 4 is 11.6 Å². The molecule has 2 aromatic rings. The van der Waals surface area contributed by atoms with Gasteiger partial charge in [-0.2, -0.15) is 5.26 Å². The van der Waals surface area contributed by atoms with E-state index in [4.69, 9.17) is 11.8 Å². The van der Waals surface area contributed by atoms with E-state index >= 15 is 0 Å². The molecule has 0 saturated carbocycles. The van der Waals surface area contributed by atoms with Crippen molar-refractivity contribution in [2.24, 2.45) is 0 Å². The maximum Gasteiger partial charge on any atom is 0.237 e. The average molecular weight is 384 g/mol. The Morgan fingerprint density at radius 3 is 2.69 bits per heavy atom. The van der Waals surface area contributed by atoms with E-state index in [1.807, 2.05) is 36.4 Å². The lowest BCUT2D eigenvalue weighted by Gasteiger charge is -2.41. The average Bonchev–Trinajstić information content (AvgIpc) is 2.77. The smallest absolute Gasteiger partial charge is 0.237 e. The van der Waals surface area contributed by atoms with Crippen molar-refractivity contribution in [1.82, 2.24) is 9.80 Å². The number of aryl methyl sites for hydroxylation is 1. The van der Waals surface area contributed by atoms with E-state index in [1.54, 1.807) is 0 Å². The van der Waals surface area contributed by atoms with Crippen LogP contribution in [0.3, 0.4) is 0 Å². The first-order valence-electron chi connectivity index (χ1n) is 10.2. The van der Waals surface area contributed by atoms with Crippen molar-refractivity contribution in [1.29, 1.82) is 5.26 Å². The van der Waals surface area contributed by atoms with Crippen LogP contribution in [-0.2, 0) is 24.1 Å². The Kier molecular flexibility index (Phi) is 5.60. The van der Waals surface area contributed by atoms with Gasteiger partial charge in [0.05, 0.1) is 24.7 Å². The molecule has 1 amide bonds. The molecule has 1 fully saturated rings. The van der Waals surface area contributed by atoms with E-state index in [0.29, 0.717) is 17.8 Å². The number of hydrogen-bond acceptors (Lipinski definition) is 3. The number of nitrogens with zero attached hydrogens (tertiary/aromatic N) is 4. The summed E-state index contributed by atoms with van der Waals surface area (Å²) in [6, 6.07) is 16.0. The van der Waals surface area contributed by atoms with Crippen LogP contribution < -0.4 is 0 Å². The molecule has 2 aromatic carbocycles. The minimum absolute atomic E-state index is 0.224. The number of nitriles is 1. The molecule has 5 heteroatoms. The first-order valence-corrected chi connectivity index (χ1v) is 10.2. The van der Waals surface area contributed by atoms with Gasteiger partial charge >= 0.3 is 0 Å². The SMILES string of the molecule is [C-]#[N+]c1ccc2c(c1)CCC(N1CCN(CCc3ccc(C#N)cc3)CC1=O)C2. The second kappa shape index (κ2) is 8.47. The number of hydrogen-bond donors (Lipinski definition) is 0. The van der Waals surface area contributed by atoms with Gasteiger partial charge in [0, 0.05) is 25.7 Å². The fraction of sp³-hybridized carbons (Fsp3) is 0.375. The Balaban J connectivity index is 1.31. The molecule has 0 aromatic heterocycles. The molecule has 2 aliphatic rings. The number of carbonyl (C=O) groups is 1. The van der Waals surface area contributed by atoms with E-state index in [-0.39, 0.29) is 11.9 Å². The Morgan fingerprint density at radius 1 is 1.14 bits per heavy atom. The van der Waals surface area contributed by atoms with Gasteiger partial charge in [0.25, 0.3) is 0 Å². The zero-order valence-corrected chi connectivity index (χ0v) is 16.5. The normalized spacial score (nSPS) is 19.3. The summed E-state index contributed by atoms with van der Waals surface area (Å²) in [5.74, 6) is 0.224. The minimum Gasteiger partial charge on any atom is -0.337 e. The number of rotatable bonds is 4. The summed E-state index contributed by atoms with van der Waals surface area (Å²) in [6.45, 7) is 10.2. The Labute approximate surface area is 172 Å². The zero-order valence-electron chi connectivity index (χ0n) is 16.5. The molecule has 1 heterocycles. The molecule has 29 heavy (non-hydrogen) atoms. The minimum atomic E-state index is 0.224. The van der Waals surface area contributed by atoms with Gasteiger partial charge in [-0.15, -0.1) is 0 Å². The van der Waals surface area contributed by atoms with Crippen LogP contribution in [0.15, 0.2) is 42.5 Å². The van der Waals surface area contributed by atoms with E-state index in [2.05, 4.69) is 26.8 Å². The predicted octanol–water partition coefficient (Wildman–Crippen LogP) is 3.35. The van der Waals surface area contributed by atoms with Crippen molar-refractivity contribution in [2.75, 3.05) is 26.2 Å². The van der Waals surface area contributed by atoms with Crippen molar-refractivity contribution in [3.8, 4) is 6.07 Å². The van der Waals surface area contributed by atoms with Crippen LogP contribution in [0.5, 0.6) is 0 Å². The summed E-state index contributed by atoms with van der Waals surface area (Å²) >= 11 is 0. The highest BCUT2D eigenvalue weighted by Gasteiger charge is 2.31. The highest BCUT2D eigenvalue weighted by molar-refractivity contribution is 5.79. The Morgan fingerprint density at radius 2 is 1.97 bits per heavy atom. The van der Waals surface area contributed by atoms with Gasteiger partial charge in [-0.3, -0.25) is 9.69 Å². The first kappa shape index (κ1) is 19.2. The van der Waals surface area contributed by atoms with E-state index in [9.17, 15) is 4.79 Å². The molecular weight excluding hydrogens is 360 g/mol. The molecule has 1 saturated heterocycles. The quantitative estimate of drug-likeness (QED) is 0.760. The summed E-state index contributed by atoms with van der Waals surface area (Å²) in [5.41, 5.74) is 5.13. The lowest BCUT2D eigenvalue weighted by molar-refractivity contribution is -0.138. The van der Waals surface area contributed by atoms with Crippen LogP contribution >= 0.6 is 0 Å². The largest absolute Gasteiger partial charge is 0.337 e. The zero-order chi connectivity index (χ0) is 20.2. The lowest BCUT2D eigenvalue weighted by atomic mass is 9.87. The first-order chi connectivity index (χ1) is 14.2. The molecule has 0 bridgehead atoms. The highest BCUT2D eigenvalue weighted by atomic mass is 16.2. The molecule has 5 nitrogen and oxygen atoms in total. The predicted molar refractivity (Wildman–Crippen MR) is 112 cm³/mol. The van der Waals surface area contributed by atoms with Gasteiger partial charge in [0.2, 0.25) is 5.91 Å². The second-order valence-corrected chi connectivity index (χ2v) is 7.88. The standard InChI is InChI=1S/C24H24N4O/c1-26-22-8-6-21-15-23(9-7-20(21)14-22)28-13-12-27(17-24(28)29)11-10-18-2-4-19(16-25)5-3-18/h2-6,8,14,23H,7,9-13,15,17H2. The topological polar surface area (TPSA) is 51.7 Å².